The van der Waals surface area contributed by atoms with Crippen LogP contribution in [0.3, 0.4) is 0 Å². The van der Waals surface area contributed by atoms with Crippen LogP contribution in [0.1, 0.15) is 5.56 Å². The first-order valence-corrected chi connectivity index (χ1v) is 7.49. The van der Waals surface area contributed by atoms with E-state index in [1.165, 1.54) is 4.68 Å². The number of hydrogen-bond acceptors (Lipinski definition) is 6. The van der Waals surface area contributed by atoms with E-state index in [9.17, 15) is 0 Å². The lowest BCUT2D eigenvalue weighted by molar-refractivity contribution is 0.402. The van der Waals surface area contributed by atoms with Crippen molar-refractivity contribution in [2.45, 2.75) is 0 Å². The Labute approximate surface area is 143 Å². The van der Waals surface area contributed by atoms with Crippen LogP contribution in [0.25, 0.3) is 11.5 Å². The molecule has 0 aliphatic heterocycles. The summed E-state index contributed by atoms with van der Waals surface area (Å²) < 4.78 is 12.5. The Morgan fingerprint density at radius 1 is 1.21 bits per heavy atom. The van der Waals surface area contributed by atoms with Crippen LogP contribution in [0, 0.1) is 4.77 Å². The third kappa shape index (κ3) is 3.18. The van der Waals surface area contributed by atoms with E-state index in [-0.39, 0.29) is 0 Å². The number of aromatic nitrogens is 4. The van der Waals surface area contributed by atoms with Crippen molar-refractivity contribution in [2.24, 2.45) is 5.10 Å². The molecule has 7 nitrogen and oxygen atoms in total. The molecule has 0 unspecified atom stereocenters. The molecular formula is C16H15N5O2S. The minimum absolute atomic E-state index is 0.369. The first-order chi connectivity index (χ1) is 11.7. The van der Waals surface area contributed by atoms with Gasteiger partial charge in [-0.25, -0.2) is 5.10 Å². The molecule has 1 aromatic carbocycles. The van der Waals surface area contributed by atoms with Crippen LogP contribution in [-0.2, 0) is 0 Å². The molecule has 0 aliphatic carbocycles. The standard InChI is InChI=1S/C16H15N5O2S/c1-22-12-6-7-14(23-2)11(9-12)10-18-21-15(19-20-16(21)24)13-5-3-4-8-17-13/h3-10H,1-2H3,(H,20,24)/b18-10-. The molecule has 0 saturated heterocycles. The van der Waals surface area contributed by atoms with Gasteiger partial charge in [0, 0.05) is 11.8 Å². The predicted octanol–water partition coefficient (Wildman–Crippen LogP) is 2.90. The minimum atomic E-state index is 0.369. The first-order valence-electron chi connectivity index (χ1n) is 7.08. The van der Waals surface area contributed by atoms with Crippen molar-refractivity contribution < 1.29 is 9.47 Å². The van der Waals surface area contributed by atoms with Crippen molar-refractivity contribution in [1.29, 1.82) is 0 Å². The molecule has 0 aliphatic rings. The highest BCUT2D eigenvalue weighted by Crippen LogP contribution is 2.22. The lowest BCUT2D eigenvalue weighted by atomic mass is 10.2. The summed E-state index contributed by atoms with van der Waals surface area (Å²) in [6.45, 7) is 0. The lowest BCUT2D eigenvalue weighted by Gasteiger charge is -2.07. The average Bonchev–Trinajstić information content (AvgIpc) is 3.01. The fraction of sp³-hybridized carbons (Fsp3) is 0.125. The molecule has 24 heavy (non-hydrogen) atoms. The zero-order valence-corrected chi connectivity index (χ0v) is 13.9. The van der Waals surface area contributed by atoms with E-state index in [4.69, 9.17) is 21.7 Å². The summed E-state index contributed by atoms with van der Waals surface area (Å²) in [5, 5.41) is 11.3. The number of ether oxygens (including phenoxy) is 2. The molecule has 0 atom stereocenters. The summed E-state index contributed by atoms with van der Waals surface area (Å²) in [6.07, 6.45) is 3.32. The number of rotatable bonds is 5. The average molecular weight is 341 g/mol. The molecule has 0 radical (unpaired) electrons. The number of nitrogens with one attached hydrogen (secondary N) is 1. The molecule has 0 saturated carbocycles. The maximum absolute atomic E-state index is 5.34. The lowest BCUT2D eigenvalue weighted by Crippen LogP contribution is -1.98. The topological polar surface area (TPSA) is 77.3 Å². The highest BCUT2D eigenvalue weighted by molar-refractivity contribution is 7.71. The molecule has 8 heteroatoms. The molecule has 1 N–H and O–H groups in total. The summed E-state index contributed by atoms with van der Waals surface area (Å²) in [4.78, 5) is 4.27. The Bertz CT molecular complexity index is 918. The first kappa shape index (κ1) is 15.9. The Hall–Kier alpha value is -3.00. The molecule has 2 heterocycles. The van der Waals surface area contributed by atoms with Gasteiger partial charge in [0.1, 0.15) is 17.2 Å². The maximum Gasteiger partial charge on any atom is 0.216 e. The van der Waals surface area contributed by atoms with Gasteiger partial charge in [-0.2, -0.15) is 14.9 Å². The van der Waals surface area contributed by atoms with Crippen LogP contribution in [0.15, 0.2) is 47.7 Å². The van der Waals surface area contributed by atoms with Gasteiger partial charge < -0.3 is 9.47 Å². The molecule has 122 valence electrons. The van der Waals surface area contributed by atoms with Crippen LogP contribution >= 0.6 is 12.2 Å². The van der Waals surface area contributed by atoms with E-state index in [0.717, 1.165) is 5.56 Å². The third-order valence-corrected chi connectivity index (χ3v) is 3.56. The maximum atomic E-state index is 5.34. The van der Waals surface area contributed by atoms with E-state index in [2.05, 4.69) is 20.3 Å². The monoisotopic (exact) mass is 341 g/mol. The highest BCUT2D eigenvalue weighted by atomic mass is 32.1. The number of aromatic amines is 1. The Morgan fingerprint density at radius 3 is 2.79 bits per heavy atom. The summed E-state index contributed by atoms with van der Waals surface area (Å²) in [7, 11) is 3.20. The van der Waals surface area contributed by atoms with Gasteiger partial charge in [0.25, 0.3) is 0 Å². The molecule has 0 bridgehead atoms. The van der Waals surface area contributed by atoms with Crippen molar-refractivity contribution in [3.63, 3.8) is 0 Å². The van der Waals surface area contributed by atoms with Crippen LogP contribution in [0.2, 0.25) is 0 Å². The van der Waals surface area contributed by atoms with E-state index < -0.39 is 0 Å². The van der Waals surface area contributed by atoms with Crippen molar-refractivity contribution in [2.75, 3.05) is 14.2 Å². The second-order valence-electron chi connectivity index (χ2n) is 4.73. The van der Waals surface area contributed by atoms with Crippen molar-refractivity contribution in [3.05, 3.63) is 52.9 Å². The molecule has 3 aromatic rings. The van der Waals surface area contributed by atoms with Gasteiger partial charge in [0.15, 0.2) is 0 Å². The number of hydrogen-bond donors (Lipinski definition) is 1. The van der Waals surface area contributed by atoms with Crippen molar-refractivity contribution >= 4 is 18.4 Å². The van der Waals surface area contributed by atoms with E-state index in [1.807, 2.05) is 36.4 Å². The normalized spacial score (nSPS) is 10.9. The number of methoxy groups -OCH3 is 2. The van der Waals surface area contributed by atoms with Gasteiger partial charge in [-0.05, 0) is 42.5 Å². The smallest absolute Gasteiger partial charge is 0.216 e. The highest BCUT2D eigenvalue weighted by Gasteiger charge is 2.09. The number of benzene rings is 1. The van der Waals surface area contributed by atoms with Crippen molar-refractivity contribution in [1.82, 2.24) is 19.9 Å². The molecule has 3 rings (SSSR count). The fourth-order valence-corrected chi connectivity index (χ4v) is 2.30. The largest absolute Gasteiger partial charge is 0.497 e. The Kier molecular flexibility index (Phi) is 4.66. The Balaban J connectivity index is 2.02. The molecule has 2 aromatic heterocycles. The third-order valence-electron chi connectivity index (χ3n) is 3.29. The second kappa shape index (κ2) is 7.05. The van der Waals surface area contributed by atoms with Crippen LogP contribution in [0.4, 0.5) is 0 Å². The molecule has 0 spiro atoms. The SMILES string of the molecule is COc1ccc(OC)c(/C=N\n2c(-c3ccccn3)n[nH]c2=S)c1. The van der Waals surface area contributed by atoms with Crippen LogP contribution in [0.5, 0.6) is 11.5 Å². The minimum Gasteiger partial charge on any atom is -0.497 e. The number of H-pyrrole nitrogens is 1. The van der Waals surface area contributed by atoms with E-state index in [0.29, 0.717) is 27.8 Å². The van der Waals surface area contributed by atoms with Gasteiger partial charge in [-0.1, -0.05) is 6.07 Å². The molecule has 0 fully saturated rings. The Morgan fingerprint density at radius 2 is 2.08 bits per heavy atom. The summed E-state index contributed by atoms with van der Waals surface area (Å²) in [6, 6.07) is 11.0. The van der Waals surface area contributed by atoms with Gasteiger partial charge in [0.2, 0.25) is 10.6 Å². The zero-order chi connectivity index (χ0) is 16.9. The summed E-state index contributed by atoms with van der Waals surface area (Å²) >= 11 is 5.25. The number of nitrogens with zero attached hydrogens (tertiary/aromatic N) is 4. The van der Waals surface area contributed by atoms with Crippen LogP contribution in [-0.4, -0.2) is 40.3 Å². The van der Waals surface area contributed by atoms with E-state index >= 15 is 0 Å². The zero-order valence-electron chi connectivity index (χ0n) is 13.1. The van der Waals surface area contributed by atoms with E-state index in [1.54, 1.807) is 26.6 Å². The summed E-state index contributed by atoms with van der Waals surface area (Å²) in [5.74, 6) is 1.91. The number of pyridine rings is 1. The van der Waals surface area contributed by atoms with Crippen molar-refractivity contribution in [3.8, 4) is 23.0 Å². The van der Waals surface area contributed by atoms with Gasteiger partial charge in [-0.3, -0.25) is 4.98 Å². The summed E-state index contributed by atoms with van der Waals surface area (Å²) in [5.41, 5.74) is 1.42. The van der Waals surface area contributed by atoms with Gasteiger partial charge in [-0.15, -0.1) is 0 Å². The fourth-order valence-electron chi connectivity index (χ4n) is 2.12. The second-order valence-corrected chi connectivity index (χ2v) is 5.12. The van der Waals surface area contributed by atoms with Crippen LogP contribution < -0.4 is 9.47 Å². The van der Waals surface area contributed by atoms with Gasteiger partial charge >= 0.3 is 0 Å². The van der Waals surface area contributed by atoms with Gasteiger partial charge in [0.05, 0.1) is 20.4 Å². The predicted molar refractivity (Wildman–Crippen MR) is 93.2 cm³/mol. The quantitative estimate of drug-likeness (QED) is 0.570. The molecule has 0 amide bonds. The molecular weight excluding hydrogens is 326 g/mol.